The van der Waals surface area contributed by atoms with Gasteiger partial charge in [-0.2, -0.15) is 0 Å². The number of β-amino-alcohol motifs (C(OH)–C–C–N with tert-alkyl or cyclic N) is 1. The number of aliphatic hydroxyl groups is 1. The molecule has 2 atom stereocenters. The smallest absolute Gasteiger partial charge is 0.410 e. The molecule has 6 heteroatoms. The van der Waals surface area contributed by atoms with Crippen molar-refractivity contribution in [2.24, 2.45) is 0 Å². The minimum Gasteiger partial charge on any atom is -0.444 e. The Bertz CT molecular complexity index is 545. The molecule has 0 bridgehead atoms. The summed E-state index contributed by atoms with van der Waals surface area (Å²) in [4.78, 5) is 13.6. The van der Waals surface area contributed by atoms with E-state index in [4.69, 9.17) is 16.3 Å². The first-order chi connectivity index (χ1) is 10.7. The number of nitrogens with zero attached hydrogens (tertiary/aromatic N) is 1. The van der Waals surface area contributed by atoms with Crippen molar-refractivity contribution in [1.29, 1.82) is 0 Å². The van der Waals surface area contributed by atoms with Gasteiger partial charge in [0.2, 0.25) is 0 Å². The SMILES string of the molecule is CC(C)(C)OC(=O)N1C[C@@H](O)[C@H](NCCc2cccc(Cl)c2)C1. The lowest BCUT2D eigenvalue weighted by Gasteiger charge is -2.24. The normalized spacial score (nSPS) is 21.5. The van der Waals surface area contributed by atoms with Gasteiger partial charge in [-0.05, 0) is 51.4 Å². The summed E-state index contributed by atoms with van der Waals surface area (Å²) in [5, 5.41) is 14.1. The second-order valence-corrected chi connectivity index (χ2v) is 7.33. The number of benzene rings is 1. The summed E-state index contributed by atoms with van der Waals surface area (Å²) in [5.41, 5.74) is 0.613. The molecule has 23 heavy (non-hydrogen) atoms. The van der Waals surface area contributed by atoms with Crippen LogP contribution < -0.4 is 5.32 Å². The van der Waals surface area contributed by atoms with Crippen LogP contribution >= 0.6 is 11.6 Å². The van der Waals surface area contributed by atoms with Crippen LogP contribution in [-0.2, 0) is 11.2 Å². The summed E-state index contributed by atoms with van der Waals surface area (Å²) >= 11 is 5.96. The van der Waals surface area contributed by atoms with Crippen molar-refractivity contribution in [3.63, 3.8) is 0 Å². The summed E-state index contributed by atoms with van der Waals surface area (Å²) in [6.45, 7) is 6.95. The molecule has 1 aromatic carbocycles. The number of carbonyl (C=O) groups is 1. The van der Waals surface area contributed by atoms with E-state index < -0.39 is 11.7 Å². The molecule has 1 fully saturated rings. The summed E-state index contributed by atoms with van der Waals surface area (Å²) < 4.78 is 5.34. The third-order valence-corrected chi connectivity index (χ3v) is 3.89. The first-order valence-corrected chi connectivity index (χ1v) is 8.26. The van der Waals surface area contributed by atoms with Gasteiger partial charge >= 0.3 is 6.09 Å². The van der Waals surface area contributed by atoms with Crippen LogP contribution in [0, 0.1) is 0 Å². The van der Waals surface area contributed by atoms with Gasteiger partial charge in [0.05, 0.1) is 18.7 Å². The summed E-state index contributed by atoms with van der Waals surface area (Å²) in [6, 6.07) is 7.58. The summed E-state index contributed by atoms with van der Waals surface area (Å²) in [6.07, 6.45) is -0.145. The fraction of sp³-hybridized carbons (Fsp3) is 0.588. The van der Waals surface area contributed by atoms with Crippen LogP contribution in [0.5, 0.6) is 0 Å². The van der Waals surface area contributed by atoms with Crippen molar-refractivity contribution in [1.82, 2.24) is 10.2 Å². The first-order valence-electron chi connectivity index (χ1n) is 7.88. The molecule has 0 aliphatic carbocycles. The topological polar surface area (TPSA) is 61.8 Å². The second kappa shape index (κ2) is 7.51. The van der Waals surface area contributed by atoms with Gasteiger partial charge in [0.25, 0.3) is 0 Å². The maximum atomic E-state index is 12.0. The molecule has 2 rings (SSSR count). The number of carbonyl (C=O) groups excluding carboxylic acids is 1. The van der Waals surface area contributed by atoms with Crippen LogP contribution in [0.2, 0.25) is 5.02 Å². The molecule has 1 aliphatic heterocycles. The van der Waals surface area contributed by atoms with E-state index in [2.05, 4.69) is 5.32 Å². The Labute approximate surface area is 142 Å². The Morgan fingerprint density at radius 1 is 1.43 bits per heavy atom. The molecule has 0 radical (unpaired) electrons. The molecule has 0 saturated carbocycles. The van der Waals surface area contributed by atoms with Crippen molar-refractivity contribution in [3.05, 3.63) is 34.9 Å². The number of rotatable bonds is 4. The van der Waals surface area contributed by atoms with Crippen LogP contribution in [0.4, 0.5) is 4.79 Å². The minimum atomic E-state index is -0.582. The predicted molar refractivity (Wildman–Crippen MR) is 90.8 cm³/mol. The number of hydrogen-bond donors (Lipinski definition) is 2. The highest BCUT2D eigenvalue weighted by molar-refractivity contribution is 6.30. The molecule has 1 saturated heterocycles. The van der Waals surface area contributed by atoms with Crippen molar-refractivity contribution < 1.29 is 14.6 Å². The standard InChI is InChI=1S/C17H25ClN2O3/c1-17(2,3)23-16(22)20-10-14(15(21)11-20)19-8-7-12-5-4-6-13(18)9-12/h4-6,9,14-15,19,21H,7-8,10-11H2,1-3H3/t14-,15-/m1/s1. The fourth-order valence-electron chi connectivity index (χ4n) is 2.56. The van der Waals surface area contributed by atoms with Crippen molar-refractivity contribution in [2.45, 2.75) is 44.9 Å². The Hall–Kier alpha value is -1.30. The lowest BCUT2D eigenvalue weighted by Crippen LogP contribution is -2.41. The molecule has 5 nitrogen and oxygen atoms in total. The van der Waals surface area contributed by atoms with Crippen molar-refractivity contribution in [2.75, 3.05) is 19.6 Å². The van der Waals surface area contributed by atoms with Crippen molar-refractivity contribution >= 4 is 17.7 Å². The van der Waals surface area contributed by atoms with Gasteiger partial charge in [-0.1, -0.05) is 23.7 Å². The Balaban J connectivity index is 1.79. The molecule has 0 spiro atoms. The van der Waals surface area contributed by atoms with E-state index in [1.807, 2.05) is 45.0 Å². The quantitative estimate of drug-likeness (QED) is 0.883. The fourth-order valence-corrected chi connectivity index (χ4v) is 2.77. The molecule has 1 aromatic rings. The molecule has 128 valence electrons. The van der Waals surface area contributed by atoms with Crippen molar-refractivity contribution in [3.8, 4) is 0 Å². The number of halogens is 1. The molecular formula is C17H25ClN2O3. The molecule has 1 heterocycles. The van der Waals surface area contributed by atoms with Gasteiger partial charge in [-0.3, -0.25) is 0 Å². The van der Waals surface area contributed by atoms with E-state index in [0.29, 0.717) is 19.6 Å². The van der Waals surface area contributed by atoms with Crippen LogP contribution in [0.3, 0.4) is 0 Å². The lowest BCUT2D eigenvalue weighted by atomic mass is 10.1. The average Bonchev–Trinajstić information content (AvgIpc) is 2.79. The molecule has 2 N–H and O–H groups in total. The number of aliphatic hydroxyl groups excluding tert-OH is 1. The zero-order valence-corrected chi connectivity index (χ0v) is 14.6. The number of nitrogens with one attached hydrogen (secondary N) is 1. The number of hydrogen-bond acceptors (Lipinski definition) is 4. The molecular weight excluding hydrogens is 316 g/mol. The van der Waals surface area contributed by atoms with E-state index in [0.717, 1.165) is 17.0 Å². The molecule has 1 aliphatic rings. The van der Waals surface area contributed by atoms with Crippen LogP contribution in [0.1, 0.15) is 26.3 Å². The van der Waals surface area contributed by atoms with Gasteiger partial charge in [-0.25, -0.2) is 4.79 Å². The van der Waals surface area contributed by atoms with E-state index in [9.17, 15) is 9.90 Å². The minimum absolute atomic E-state index is 0.137. The number of likely N-dealkylation sites (tertiary alicyclic amines) is 1. The third-order valence-electron chi connectivity index (χ3n) is 3.65. The first kappa shape index (κ1) is 18.0. The maximum absolute atomic E-state index is 12.0. The van der Waals surface area contributed by atoms with E-state index >= 15 is 0 Å². The van der Waals surface area contributed by atoms with Gasteiger partial charge in [0.1, 0.15) is 5.60 Å². The molecule has 0 unspecified atom stereocenters. The van der Waals surface area contributed by atoms with E-state index in [1.54, 1.807) is 4.90 Å². The second-order valence-electron chi connectivity index (χ2n) is 6.89. The van der Waals surface area contributed by atoms with Gasteiger partial charge in [-0.15, -0.1) is 0 Å². The van der Waals surface area contributed by atoms with Crippen LogP contribution in [0.15, 0.2) is 24.3 Å². The largest absolute Gasteiger partial charge is 0.444 e. The zero-order chi connectivity index (χ0) is 17.0. The average molecular weight is 341 g/mol. The van der Waals surface area contributed by atoms with E-state index in [-0.39, 0.29) is 12.1 Å². The third kappa shape index (κ3) is 5.68. The van der Waals surface area contributed by atoms with E-state index in [1.165, 1.54) is 0 Å². The molecule has 1 amide bonds. The lowest BCUT2D eigenvalue weighted by molar-refractivity contribution is 0.0270. The maximum Gasteiger partial charge on any atom is 0.410 e. The van der Waals surface area contributed by atoms with Crippen LogP contribution in [0.25, 0.3) is 0 Å². The predicted octanol–water partition coefficient (Wildman–Crippen LogP) is 2.45. The highest BCUT2D eigenvalue weighted by atomic mass is 35.5. The van der Waals surface area contributed by atoms with Gasteiger partial charge in [0, 0.05) is 11.6 Å². The number of amides is 1. The summed E-state index contributed by atoms with van der Waals surface area (Å²) in [5.74, 6) is 0. The molecule has 0 aromatic heterocycles. The Morgan fingerprint density at radius 2 is 2.17 bits per heavy atom. The Morgan fingerprint density at radius 3 is 2.83 bits per heavy atom. The highest BCUT2D eigenvalue weighted by Gasteiger charge is 2.35. The van der Waals surface area contributed by atoms with Gasteiger partial charge in [0.15, 0.2) is 0 Å². The summed E-state index contributed by atoms with van der Waals surface area (Å²) in [7, 11) is 0. The zero-order valence-electron chi connectivity index (χ0n) is 13.9. The Kier molecular flexibility index (Phi) is 5.89. The number of ether oxygens (including phenoxy) is 1. The van der Waals surface area contributed by atoms with Gasteiger partial charge < -0.3 is 20.1 Å². The monoisotopic (exact) mass is 340 g/mol. The van der Waals surface area contributed by atoms with Crippen LogP contribution in [-0.4, -0.2) is 53.5 Å². The highest BCUT2D eigenvalue weighted by Crippen LogP contribution is 2.16.